The number of aromatic nitrogens is 1. The number of fused-ring (bicyclic) bond motifs is 1. The van der Waals surface area contributed by atoms with E-state index in [0.29, 0.717) is 39.0 Å². The van der Waals surface area contributed by atoms with Crippen LogP contribution < -0.4 is 0 Å². The molecule has 1 saturated heterocycles. The molecule has 0 unspecified atom stereocenters. The number of carbonyl (C=O) groups excluding carboxylic acids is 2. The Balaban J connectivity index is 1.27. The summed E-state index contributed by atoms with van der Waals surface area (Å²) in [6, 6.07) is 14.4. The number of aromatic amines is 1. The highest BCUT2D eigenvalue weighted by atomic mass is 32.1. The van der Waals surface area contributed by atoms with E-state index in [0.717, 1.165) is 16.1 Å². The highest BCUT2D eigenvalue weighted by Gasteiger charge is 2.25. The minimum absolute atomic E-state index is 0.0712. The van der Waals surface area contributed by atoms with Gasteiger partial charge in [-0.2, -0.15) is 0 Å². The van der Waals surface area contributed by atoms with Gasteiger partial charge in [-0.1, -0.05) is 23.8 Å². The van der Waals surface area contributed by atoms with Gasteiger partial charge in [0.15, 0.2) is 0 Å². The van der Waals surface area contributed by atoms with Crippen LogP contribution in [0.25, 0.3) is 21.5 Å². The lowest BCUT2D eigenvalue weighted by molar-refractivity contribution is -0.132. The Hall–Kier alpha value is -2.90. The third-order valence-electron chi connectivity index (χ3n) is 6.07. The van der Waals surface area contributed by atoms with E-state index in [1.807, 2.05) is 27.3 Å². The Bertz CT molecular complexity index is 1230. The van der Waals surface area contributed by atoms with Crippen molar-refractivity contribution in [2.24, 2.45) is 0 Å². The first-order valence-electron chi connectivity index (χ1n) is 10.9. The van der Waals surface area contributed by atoms with Gasteiger partial charge in [0, 0.05) is 43.5 Å². The normalized spacial score (nSPS) is 14.3. The van der Waals surface area contributed by atoms with E-state index in [-0.39, 0.29) is 11.8 Å². The van der Waals surface area contributed by atoms with E-state index in [2.05, 4.69) is 47.6 Å². The highest BCUT2D eigenvalue weighted by Crippen LogP contribution is 2.34. The van der Waals surface area contributed by atoms with E-state index < -0.39 is 0 Å². The predicted molar refractivity (Wildman–Crippen MR) is 131 cm³/mol. The van der Waals surface area contributed by atoms with Gasteiger partial charge in [0.2, 0.25) is 5.91 Å². The SMILES string of the molecule is Cc1ccc2[nH]c(-c3cccs3)c(CCC(=O)N3CCN(C(=O)c4cccs4)CC3)c2c1. The topological polar surface area (TPSA) is 56.4 Å². The molecule has 1 aromatic carbocycles. The van der Waals surface area contributed by atoms with Crippen LogP contribution in [-0.4, -0.2) is 52.8 Å². The maximum Gasteiger partial charge on any atom is 0.264 e. The van der Waals surface area contributed by atoms with Crippen LogP contribution in [0.2, 0.25) is 0 Å². The molecule has 32 heavy (non-hydrogen) atoms. The zero-order chi connectivity index (χ0) is 22.1. The monoisotopic (exact) mass is 463 g/mol. The van der Waals surface area contributed by atoms with Gasteiger partial charge in [-0.25, -0.2) is 0 Å². The maximum absolute atomic E-state index is 13.0. The van der Waals surface area contributed by atoms with Crippen LogP contribution in [0, 0.1) is 6.92 Å². The average molecular weight is 464 g/mol. The number of aryl methyl sites for hydroxylation is 2. The number of nitrogens with one attached hydrogen (secondary N) is 1. The number of H-pyrrole nitrogens is 1. The number of hydrogen-bond acceptors (Lipinski definition) is 4. The molecule has 1 aliphatic heterocycles. The first-order valence-corrected chi connectivity index (χ1v) is 12.6. The van der Waals surface area contributed by atoms with Crippen LogP contribution in [0.5, 0.6) is 0 Å². The van der Waals surface area contributed by atoms with Gasteiger partial charge in [-0.15, -0.1) is 22.7 Å². The molecule has 0 radical (unpaired) electrons. The number of hydrogen-bond donors (Lipinski definition) is 1. The van der Waals surface area contributed by atoms with Crippen LogP contribution in [0.4, 0.5) is 0 Å². The second kappa shape index (κ2) is 8.92. The molecule has 0 spiro atoms. The number of piperazine rings is 1. The number of thiophene rings is 2. The standard InChI is InChI=1S/C25H25N3O2S2/c1-17-6-8-20-19(16-17)18(24(26-20)21-4-2-14-31-21)7-9-23(29)27-10-12-28(13-11-27)25(30)22-5-3-15-32-22/h2-6,8,14-16,26H,7,9-13H2,1H3. The second-order valence-corrected chi connectivity index (χ2v) is 10.1. The van der Waals surface area contributed by atoms with Gasteiger partial charge in [-0.3, -0.25) is 9.59 Å². The van der Waals surface area contributed by atoms with Crippen molar-refractivity contribution in [1.29, 1.82) is 0 Å². The molecule has 1 N–H and O–H groups in total. The lowest BCUT2D eigenvalue weighted by Crippen LogP contribution is -2.50. The van der Waals surface area contributed by atoms with Crippen molar-refractivity contribution < 1.29 is 9.59 Å². The van der Waals surface area contributed by atoms with Crippen molar-refractivity contribution in [3.63, 3.8) is 0 Å². The summed E-state index contributed by atoms with van der Waals surface area (Å²) < 4.78 is 0. The summed E-state index contributed by atoms with van der Waals surface area (Å²) in [7, 11) is 0. The van der Waals surface area contributed by atoms with Crippen molar-refractivity contribution in [2.75, 3.05) is 26.2 Å². The van der Waals surface area contributed by atoms with Gasteiger partial charge in [0.1, 0.15) is 0 Å². The highest BCUT2D eigenvalue weighted by molar-refractivity contribution is 7.13. The Labute approximate surface area is 195 Å². The molecule has 0 atom stereocenters. The molecule has 5 rings (SSSR count). The smallest absolute Gasteiger partial charge is 0.264 e. The van der Waals surface area contributed by atoms with Crippen LogP contribution in [0.3, 0.4) is 0 Å². The average Bonchev–Trinajstić information content (AvgIpc) is 3.58. The molecular formula is C25H25N3O2S2. The largest absolute Gasteiger partial charge is 0.354 e. The molecule has 0 aliphatic carbocycles. The number of nitrogens with zero attached hydrogens (tertiary/aromatic N) is 2. The summed E-state index contributed by atoms with van der Waals surface area (Å²) in [5.41, 5.74) is 4.67. The van der Waals surface area contributed by atoms with E-state index in [9.17, 15) is 9.59 Å². The lowest BCUT2D eigenvalue weighted by atomic mass is 10.0. The molecule has 164 valence electrons. The molecule has 4 heterocycles. The summed E-state index contributed by atoms with van der Waals surface area (Å²) >= 11 is 3.18. The molecule has 1 fully saturated rings. The fourth-order valence-corrected chi connectivity index (χ4v) is 5.80. The fourth-order valence-electron chi connectivity index (χ4n) is 4.36. The Kier molecular flexibility index (Phi) is 5.85. The summed E-state index contributed by atoms with van der Waals surface area (Å²) in [5.74, 6) is 0.231. The first-order chi connectivity index (χ1) is 15.6. The molecule has 1 aliphatic rings. The maximum atomic E-state index is 13.0. The van der Waals surface area contributed by atoms with E-state index in [1.54, 1.807) is 11.3 Å². The minimum atomic E-state index is 0.0712. The second-order valence-electron chi connectivity index (χ2n) is 8.16. The fraction of sp³-hybridized carbons (Fsp3) is 0.280. The summed E-state index contributed by atoms with van der Waals surface area (Å²) in [5, 5.41) is 5.20. The quantitative estimate of drug-likeness (QED) is 0.443. The van der Waals surface area contributed by atoms with Crippen molar-refractivity contribution >= 4 is 45.4 Å². The third-order valence-corrected chi connectivity index (χ3v) is 7.81. The number of carbonyl (C=O) groups is 2. The third kappa shape index (κ3) is 4.10. The zero-order valence-electron chi connectivity index (χ0n) is 18.0. The van der Waals surface area contributed by atoms with Crippen LogP contribution >= 0.6 is 22.7 Å². The number of benzene rings is 1. The first kappa shape index (κ1) is 21.0. The van der Waals surface area contributed by atoms with Crippen molar-refractivity contribution in [3.8, 4) is 10.6 Å². The number of amides is 2. The molecule has 2 amide bonds. The summed E-state index contributed by atoms with van der Waals surface area (Å²) in [6.45, 7) is 4.48. The van der Waals surface area contributed by atoms with Crippen molar-refractivity contribution in [2.45, 2.75) is 19.8 Å². The predicted octanol–water partition coefficient (Wildman–Crippen LogP) is 5.18. The lowest BCUT2D eigenvalue weighted by Gasteiger charge is -2.34. The van der Waals surface area contributed by atoms with Gasteiger partial charge >= 0.3 is 0 Å². The van der Waals surface area contributed by atoms with Crippen molar-refractivity contribution in [1.82, 2.24) is 14.8 Å². The van der Waals surface area contributed by atoms with Gasteiger partial charge in [-0.05, 0) is 53.9 Å². The van der Waals surface area contributed by atoms with Crippen LogP contribution in [0.1, 0.15) is 27.2 Å². The summed E-state index contributed by atoms with van der Waals surface area (Å²) in [4.78, 5) is 34.9. The Morgan fingerprint density at radius 1 is 0.969 bits per heavy atom. The zero-order valence-corrected chi connectivity index (χ0v) is 19.6. The Morgan fingerprint density at radius 2 is 1.72 bits per heavy atom. The van der Waals surface area contributed by atoms with Crippen LogP contribution in [0.15, 0.2) is 53.2 Å². The van der Waals surface area contributed by atoms with Gasteiger partial charge in [0.25, 0.3) is 5.91 Å². The molecule has 7 heteroatoms. The molecule has 3 aromatic heterocycles. The van der Waals surface area contributed by atoms with E-state index in [4.69, 9.17) is 0 Å². The molecule has 4 aromatic rings. The molecule has 0 bridgehead atoms. The van der Waals surface area contributed by atoms with Gasteiger partial charge in [0.05, 0.1) is 15.4 Å². The Morgan fingerprint density at radius 3 is 2.44 bits per heavy atom. The van der Waals surface area contributed by atoms with Gasteiger partial charge < -0.3 is 14.8 Å². The van der Waals surface area contributed by atoms with E-state index >= 15 is 0 Å². The van der Waals surface area contributed by atoms with Crippen molar-refractivity contribution in [3.05, 3.63) is 69.2 Å². The number of rotatable bonds is 5. The molecule has 5 nitrogen and oxygen atoms in total. The van der Waals surface area contributed by atoms with Crippen LogP contribution in [-0.2, 0) is 11.2 Å². The summed E-state index contributed by atoms with van der Waals surface area (Å²) in [6.07, 6.45) is 1.17. The molecular weight excluding hydrogens is 438 g/mol. The van der Waals surface area contributed by atoms with E-state index in [1.165, 1.54) is 32.7 Å². The minimum Gasteiger partial charge on any atom is -0.354 e. The molecule has 0 saturated carbocycles.